The maximum absolute atomic E-state index is 2.61. The fourth-order valence-electron chi connectivity index (χ4n) is 6.15. The molecule has 0 amide bonds. The lowest BCUT2D eigenvalue weighted by Crippen LogP contribution is -2.37. The van der Waals surface area contributed by atoms with E-state index in [1.54, 1.807) is 5.82 Å². The average molecular weight is 546 g/mol. The molecule has 2 nitrogen and oxygen atoms in total. The van der Waals surface area contributed by atoms with Gasteiger partial charge in [0.2, 0.25) is 0 Å². The van der Waals surface area contributed by atoms with Crippen LogP contribution in [-0.2, 0) is 19.5 Å². The fourth-order valence-corrected chi connectivity index (χ4v) is 6.15. The summed E-state index contributed by atoms with van der Waals surface area (Å²) >= 11 is 0. The topological polar surface area (TPSA) is 8.81 Å². The van der Waals surface area contributed by atoms with Gasteiger partial charge in [0.15, 0.2) is 0 Å². The van der Waals surface area contributed by atoms with Crippen molar-refractivity contribution in [3.63, 3.8) is 0 Å². The number of rotatable bonds is 31. The summed E-state index contributed by atoms with van der Waals surface area (Å²) in [5.74, 6) is 1.60. The molecular weight excluding hydrogens is 472 g/mol. The number of unbranched alkanes of at least 4 members (excludes halogenated alkanes) is 25. The quantitative estimate of drug-likeness (QED) is 0.0648. The highest BCUT2D eigenvalue weighted by molar-refractivity contribution is 4.84. The van der Waals surface area contributed by atoms with E-state index in [1.165, 1.54) is 199 Å². The van der Waals surface area contributed by atoms with Crippen LogP contribution in [0.15, 0.2) is 12.4 Å². The van der Waals surface area contributed by atoms with Crippen molar-refractivity contribution in [3.8, 4) is 0 Å². The van der Waals surface area contributed by atoms with Crippen LogP contribution in [0.1, 0.15) is 206 Å². The first kappa shape index (κ1) is 36.2. The van der Waals surface area contributed by atoms with Crippen molar-refractivity contribution in [1.82, 2.24) is 4.57 Å². The third-order valence-corrected chi connectivity index (χ3v) is 8.85. The Labute approximate surface area is 247 Å². The average Bonchev–Trinajstić information content (AvgIpc) is 3.33. The zero-order valence-corrected chi connectivity index (χ0v) is 27.5. The van der Waals surface area contributed by atoms with E-state index in [1.807, 2.05) is 0 Å². The molecule has 0 aliphatic rings. The Morgan fingerprint density at radius 2 is 0.795 bits per heavy atom. The van der Waals surface area contributed by atoms with Gasteiger partial charge in [-0.3, -0.25) is 0 Å². The molecule has 0 saturated heterocycles. The molecule has 0 fully saturated rings. The third kappa shape index (κ3) is 21.6. The highest BCUT2D eigenvalue weighted by Gasteiger charge is 2.16. The van der Waals surface area contributed by atoms with Crippen molar-refractivity contribution < 1.29 is 4.57 Å². The Balaban J connectivity index is 2.14. The Kier molecular flexibility index (Phi) is 26.7. The van der Waals surface area contributed by atoms with E-state index in [0.717, 1.165) is 0 Å². The molecule has 1 heterocycles. The number of hydrogen-bond acceptors (Lipinski definition) is 0. The maximum atomic E-state index is 2.61. The van der Waals surface area contributed by atoms with Crippen molar-refractivity contribution in [1.29, 1.82) is 0 Å². The molecule has 2 heteroatoms. The van der Waals surface area contributed by atoms with E-state index in [4.69, 9.17) is 0 Å². The normalized spacial score (nSPS) is 11.6. The molecular formula is C37H73N2+. The van der Waals surface area contributed by atoms with E-state index in [-0.39, 0.29) is 0 Å². The number of imidazole rings is 1. The minimum absolute atomic E-state index is 1.23. The molecule has 0 aliphatic heterocycles. The summed E-state index contributed by atoms with van der Waals surface area (Å²) < 4.78 is 5.21. The largest absolute Gasteiger partial charge is 0.256 e. The maximum Gasteiger partial charge on any atom is 0.256 e. The summed E-state index contributed by atoms with van der Waals surface area (Å²) in [6.45, 7) is 9.40. The second kappa shape index (κ2) is 28.7. The highest BCUT2D eigenvalue weighted by atomic mass is 15.1. The molecule has 0 N–H and O–H groups in total. The van der Waals surface area contributed by atoms with Gasteiger partial charge >= 0.3 is 0 Å². The molecule has 0 aromatic carbocycles. The van der Waals surface area contributed by atoms with Gasteiger partial charge in [-0.15, -0.1) is 0 Å². The van der Waals surface area contributed by atoms with Crippen molar-refractivity contribution in [2.45, 2.75) is 220 Å². The van der Waals surface area contributed by atoms with Crippen LogP contribution in [0.4, 0.5) is 0 Å². The van der Waals surface area contributed by atoms with Crippen molar-refractivity contribution >= 4 is 0 Å². The van der Waals surface area contributed by atoms with Gasteiger partial charge < -0.3 is 0 Å². The summed E-state index contributed by atoms with van der Waals surface area (Å²) in [5.41, 5.74) is 0. The molecule has 0 aliphatic carbocycles. The minimum Gasteiger partial charge on any atom is -0.234 e. The van der Waals surface area contributed by atoms with Crippen LogP contribution in [0.25, 0.3) is 0 Å². The van der Waals surface area contributed by atoms with Crippen LogP contribution in [0.2, 0.25) is 0 Å². The van der Waals surface area contributed by atoms with Gasteiger partial charge in [-0.05, 0) is 32.1 Å². The van der Waals surface area contributed by atoms with Crippen LogP contribution in [0.3, 0.4) is 0 Å². The predicted octanol–water partition coefficient (Wildman–Crippen LogP) is 12.3. The van der Waals surface area contributed by atoms with Gasteiger partial charge in [-0.2, -0.15) is 0 Å². The van der Waals surface area contributed by atoms with Crippen LogP contribution in [0, 0.1) is 0 Å². The zero-order valence-electron chi connectivity index (χ0n) is 27.5. The molecule has 1 rings (SSSR count). The molecule has 0 bridgehead atoms. The lowest BCUT2D eigenvalue weighted by Gasteiger charge is -2.07. The van der Waals surface area contributed by atoms with Gasteiger partial charge in [0.05, 0.1) is 13.1 Å². The molecule has 0 unspecified atom stereocenters. The van der Waals surface area contributed by atoms with Crippen LogP contribution >= 0.6 is 0 Å². The van der Waals surface area contributed by atoms with Crippen molar-refractivity contribution in [3.05, 3.63) is 18.2 Å². The second-order valence-electron chi connectivity index (χ2n) is 12.7. The standard InChI is InChI=1S/C37H73N2/c1-4-7-10-12-14-16-18-19-20-22-24-26-28-31-34-39-36-35-38(37(39)32-29-9-6-3)33-30-27-25-23-21-17-15-13-11-8-5-2/h35-36H,4-34H2,1-3H3/q+1. The summed E-state index contributed by atoms with van der Waals surface area (Å²) in [6.07, 6.45) is 46.0. The van der Waals surface area contributed by atoms with Gasteiger partial charge in [0, 0.05) is 6.42 Å². The smallest absolute Gasteiger partial charge is 0.234 e. The third-order valence-electron chi connectivity index (χ3n) is 8.85. The van der Waals surface area contributed by atoms with E-state index in [9.17, 15) is 0 Å². The van der Waals surface area contributed by atoms with Gasteiger partial charge in [-0.1, -0.05) is 168 Å². The first-order chi connectivity index (χ1) is 19.3. The lowest BCUT2D eigenvalue weighted by atomic mass is 10.0. The van der Waals surface area contributed by atoms with Crippen molar-refractivity contribution in [2.75, 3.05) is 0 Å². The monoisotopic (exact) mass is 546 g/mol. The summed E-state index contributed by atoms with van der Waals surface area (Å²) in [4.78, 5) is 0. The number of nitrogens with zero attached hydrogens (tertiary/aromatic N) is 2. The van der Waals surface area contributed by atoms with E-state index >= 15 is 0 Å². The first-order valence-electron chi connectivity index (χ1n) is 18.4. The molecule has 39 heavy (non-hydrogen) atoms. The molecule has 0 radical (unpaired) electrons. The van der Waals surface area contributed by atoms with Gasteiger partial charge in [0.25, 0.3) is 5.82 Å². The predicted molar refractivity (Wildman–Crippen MR) is 175 cm³/mol. The Morgan fingerprint density at radius 1 is 0.436 bits per heavy atom. The van der Waals surface area contributed by atoms with E-state index < -0.39 is 0 Å². The summed E-state index contributed by atoms with van der Waals surface area (Å²) in [5, 5.41) is 0. The van der Waals surface area contributed by atoms with E-state index in [2.05, 4.69) is 42.3 Å². The Bertz CT molecular complexity index is 605. The van der Waals surface area contributed by atoms with Crippen molar-refractivity contribution in [2.24, 2.45) is 0 Å². The van der Waals surface area contributed by atoms with Crippen LogP contribution in [0.5, 0.6) is 0 Å². The Morgan fingerprint density at radius 3 is 1.23 bits per heavy atom. The number of aryl methyl sites for hydroxylation is 2. The second-order valence-corrected chi connectivity index (χ2v) is 12.7. The molecule has 1 aromatic heterocycles. The fraction of sp³-hybridized carbons (Fsp3) is 0.919. The van der Waals surface area contributed by atoms with Crippen LogP contribution < -0.4 is 4.57 Å². The highest BCUT2D eigenvalue weighted by Crippen LogP contribution is 2.15. The molecule has 230 valence electrons. The SMILES string of the molecule is CCCCCCCCCCCCCCCCn1cc[n+](CCCCCCCCCCCCC)c1CCCCC. The Hall–Kier alpha value is -0.790. The lowest BCUT2D eigenvalue weighted by molar-refractivity contribution is -0.704. The minimum atomic E-state index is 1.23. The number of hydrogen-bond donors (Lipinski definition) is 0. The van der Waals surface area contributed by atoms with Crippen LogP contribution in [-0.4, -0.2) is 4.57 Å². The summed E-state index contributed by atoms with van der Waals surface area (Å²) in [6, 6.07) is 0. The first-order valence-corrected chi connectivity index (χ1v) is 18.4. The van der Waals surface area contributed by atoms with E-state index in [0.29, 0.717) is 0 Å². The molecule has 0 saturated carbocycles. The van der Waals surface area contributed by atoms with Gasteiger partial charge in [-0.25, -0.2) is 9.13 Å². The summed E-state index contributed by atoms with van der Waals surface area (Å²) in [7, 11) is 0. The molecule has 0 atom stereocenters. The molecule has 1 aromatic rings. The molecule has 0 spiro atoms. The van der Waals surface area contributed by atoms with Gasteiger partial charge in [0.1, 0.15) is 12.4 Å². The zero-order chi connectivity index (χ0) is 28.1. The number of aromatic nitrogens is 2.